The second kappa shape index (κ2) is 7.79. The number of carbonyl (C=O) groups is 1. The van der Waals surface area contributed by atoms with Gasteiger partial charge in [-0.25, -0.2) is 0 Å². The third-order valence-corrected chi connectivity index (χ3v) is 4.21. The molecule has 0 aliphatic carbocycles. The van der Waals surface area contributed by atoms with Crippen LogP contribution in [0.25, 0.3) is 0 Å². The van der Waals surface area contributed by atoms with Gasteiger partial charge in [0.2, 0.25) is 5.91 Å². The minimum atomic E-state index is 0.155. The van der Waals surface area contributed by atoms with Crippen LogP contribution in [0.4, 0.5) is 0 Å². The summed E-state index contributed by atoms with van der Waals surface area (Å²) in [5.74, 6) is 0.383. The Morgan fingerprint density at radius 3 is 3.10 bits per heavy atom. The van der Waals surface area contributed by atoms with E-state index in [1.807, 2.05) is 6.07 Å². The Balaban J connectivity index is 1.88. The second-order valence-electron chi connectivity index (χ2n) is 5.50. The zero-order valence-corrected chi connectivity index (χ0v) is 13.7. The van der Waals surface area contributed by atoms with E-state index in [1.165, 1.54) is 5.56 Å². The van der Waals surface area contributed by atoms with Gasteiger partial charge < -0.3 is 5.32 Å². The van der Waals surface area contributed by atoms with Crippen molar-refractivity contribution in [3.8, 4) is 0 Å². The summed E-state index contributed by atoms with van der Waals surface area (Å²) >= 11 is 3.51. The molecule has 1 aromatic carbocycles. The lowest BCUT2D eigenvalue weighted by Gasteiger charge is -2.32. The van der Waals surface area contributed by atoms with Crippen LogP contribution in [0.5, 0.6) is 0 Å². The predicted octanol–water partition coefficient (Wildman–Crippen LogP) is 3.19. The molecule has 4 heteroatoms. The van der Waals surface area contributed by atoms with Crippen LogP contribution >= 0.6 is 15.9 Å². The Bertz CT molecular complexity index is 450. The summed E-state index contributed by atoms with van der Waals surface area (Å²) in [6.45, 7) is 5.77. The lowest BCUT2D eigenvalue weighted by molar-refractivity contribution is -0.126. The number of nitrogens with one attached hydrogen (secondary N) is 1. The summed E-state index contributed by atoms with van der Waals surface area (Å²) in [4.78, 5) is 14.5. The van der Waals surface area contributed by atoms with Gasteiger partial charge in [0.1, 0.15) is 0 Å². The Kier molecular flexibility index (Phi) is 6.05. The fourth-order valence-corrected chi connectivity index (χ4v) is 3.15. The van der Waals surface area contributed by atoms with E-state index < -0.39 is 0 Å². The molecule has 110 valence electrons. The monoisotopic (exact) mass is 338 g/mol. The van der Waals surface area contributed by atoms with Gasteiger partial charge in [-0.05, 0) is 43.5 Å². The summed E-state index contributed by atoms with van der Waals surface area (Å²) in [6.07, 6.45) is 3.13. The van der Waals surface area contributed by atoms with Crippen molar-refractivity contribution in [2.75, 3.05) is 19.6 Å². The first-order valence-electron chi connectivity index (χ1n) is 7.43. The van der Waals surface area contributed by atoms with E-state index in [4.69, 9.17) is 0 Å². The number of nitrogens with zero attached hydrogens (tertiary/aromatic N) is 1. The molecule has 3 nitrogen and oxygen atoms in total. The maximum Gasteiger partial charge on any atom is 0.224 e. The number of carbonyl (C=O) groups excluding carboxylic acids is 1. The Morgan fingerprint density at radius 2 is 2.35 bits per heavy atom. The Hall–Kier alpha value is -0.870. The van der Waals surface area contributed by atoms with E-state index in [1.54, 1.807) is 0 Å². The van der Waals surface area contributed by atoms with E-state index in [2.05, 4.69) is 51.3 Å². The van der Waals surface area contributed by atoms with Crippen LogP contribution in [-0.4, -0.2) is 30.4 Å². The van der Waals surface area contributed by atoms with Gasteiger partial charge in [0.05, 0.1) is 5.92 Å². The molecule has 20 heavy (non-hydrogen) atoms. The largest absolute Gasteiger partial charge is 0.356 e. The smallest absolute Gasteiger partial charge is 0.224 e. The maximum absolute atomic E-state index is 12.1. The van der Waals surface area contributed by atoms with Crippen LogP contribution in [0.15, 0.2) is 28.7 Å². The second-order valence-corrected chi connectivity index (χ2v) is 6.41. The van der Waals surface area contributed by atoms with Crippen molar-refractivity contribution in [1.29, 1.82) is 0 Å². The summed E-state index contributed by atoms with van der Waals surface area (Å²) < 4.78 is 1.12. The average Bonchev–Trinajstić information content (AvgIpc) is 2.45. The van der Waals surface area contributed by atoms with Gasteiger partial charge in [-0.3, -0.25) is 9.69 Å². The molecule has 0 bridgehead atoms. The van der Waals surface area contributed by atoms with Crippen LogP contribution in [0.2, 0.25) is 0 Å². The van der Waals surface area contributed by atoms with E-state index in [0.717, 1.165) is 49.9 Å². The number of hydrogen-bond acceptors (Lipinski definition) is 2. The van der Waals surface area contributed by atoms with Crippen molar-refractivity contribution in [2.45, 2.75) is 32.7 Å². The topological polar surface area (TPSA) is 32.3 Å². The fourth-order valence-electron chi connectivity index (χ4n) is 2.70. The lowest BCUT2D eigenvalue weighted by Crippen LogP contribution is -2.42. The first kappa shape index (κ1) is 15.5. The van der Waals surface area contributed by atoms with Gasteiger partial charge in [0, 0.05) is 24.1 Å². The van der Waals surface area contributed by atoms with E-state index in [0.29, 0.717) is 0 Å². The maximum atomic E-state index is 12.1. The number of benzene rings is 1. The summed E-state index contributed by atoms with van der Waals surface area (Å²) in [7, 11) is 0. The van der Waals surface area contributed by atoms with Crippen molar-refractivity contribution in [2.24, 2.45) is 5.92 Å². The number of rotatable bonds is 5. The number of amides is 1. The zero-order valence-electron chi connectivity index (χ0n) is 12.1. The van der Waals surface area contributed by atoms with Crippen molar-refractivity contribution in [3.63, 3.8) is 0 Å². The van der Waals surface area contributed by atoms with Crippen molar-refractivity contribution in [1.82, 2.24) is 10.2 Å². The number of hydrogen-bond donors (Lipinski definition) is 1. The van der Waals surface area contributed by atoms with Gasteiger partial charge in [-0.15, -0.1) is 0 Å². The van der Waals surface area contributed by atoms with Crippen LogP contribution in [0, 0.1) is 5.92 Å². The lowest BCUT2D eigenvalue weighted by atomic mass is 9.96. The molecule has 0 saturated carbocycles. The number of likely N-dealkylation sites (tertiary alicyclic amines) is 1. The fraction of sp³-hybridized carbons (Fsp3) is 0.562. The number of piperidine rings is 1. The average molecular weight is 339 g/mol. The summed E-state index contributed by atoms with van der Waals surface area (Å²) in [6, 6.07) is 8.40. The molecular formula is C16H23BrN2O. The van der Waals surface area contributed by atoms with E-state index in [-0.39, 0.29) is 11.8 Å². The molecular weight excluding hydrogens is 316 g/mol. The van der Waals surface area contributed by atoms with Crippen LogP contribution in [0.1, 0.15) is 31.7 Å². The zero-order chi connectivity index (χ0) is 14.4. The first-order valence-corrected chi connectivity index (χ1v) is 8.23. The van der Waals surface area contributed by atoms with Gasteiger partial charge in [0.25, 0.3) is 0 Å². The highest BCUT2D eigenvalue weighted by Gasteiger charge is 2.25. The standard InChI is InChI=1S/C16H23BrN2O/c1-2-8-18-16(20)14-6-4-9-19(12-14)11-13-5-3-7-15(17)10-13/h3,5,7,10,14H,2,4,6,8-9,11-12H2,1H3,(H,18,20)/t14-/m1/s1. The highest BCUT2D eigenvalue weighted by Crippen LogP contribution is 2.20. The first-order chi connectivity index (χ1) is 9.69. The molecule has 1 amide bonds. The summed E-state index contributed by atoms with van der Waals surface area (Å²) in [5.41, 5.74) is 1.30. The van der Waals surface area contributed by atoms with Gasteiger partial charge in [0.15, 0.2) is 0 Å². The van der Waals surface area contributed by atoms with Gasteiger partial charge in [-0.1, -0.05) is 35.0 Å². The summed E-state index contributed by atoms with van der Waals surface area (Å²) in [5, 5.41) is 3.02. The van der Waals surface area contributed by atoms with Gasteiger partial charge >= 0.3 is 0 Å². The molecule has 1 fully saturated rings. The highest BCUT2D eigenvalue weighted by molar-refractivity contribution is 9.10. The molecule has 1 heterocycles. The molecule has 1 atom stereocenters. The quantitative estimate of drug-likeness (QED) is 0.894. The molecule has 0 unspecified atom stereocenters. The van der Waals surface area contributed by atoms with Crippen molar-refractivity contribution in [3.05, 3.63) is 34.3 Å². The molecule has 2 rings (SSSR count). The van der Waals surface area contributed by atoms with Gasteiger partial charge in [-0.2, -0.15) is 0 Å². The molecule has 0 aromatic heterocycles. The van der Waals surface area contributed by atoms with Crippen molar-refractivity contribution >= 4 is 21.8 Å². The SMILES string of the molecule is CCCNC(=O)[C@@H]1CCCN(Cc2cccc(Br)c2)C1. The Labute approximate surface area is 129 Å². The normalized spacial score (nSPS) is 19.8. The van der Waals surface area contributed by atoms with Crippen LogP contribution < -0.4 is 5.32 Å². The molecule has 1 aromatic rings. The molecule has 1 aliphatic rings. The minimum Gasteiger partial charge on any atom is -0.356 e. The predicted molar refractivity (Wildman–Crippen MR) is 85.4 cm³/mol. The molecule has 1 aliphatic heterocycles. The highest BCUT2D eigenvalue weighted by atomic mass is 79.9. The molecule has 0 radical (unpaired) electrons. The third-order valence-electron chi connectivity index (χ3n) is 3.72. The third kappa shape index (κ3) is 4.60. The molecule has 0 spiro atoms. The molecule has 1 saturated heterocycles. The minimum absolute atomic E-state index is 0.155. The Morgan fingerprint density at radius 1 is 1.50 bits per heavy atom. The van der Waals surface area contributed by atoms with Crippen molar-refractivity contribution < 1.29 is 4.79 Å². The van der Waals surface area contributed by atoms with Crippen LogP contribution in [-0.2, 0) is 11.3 Å². The van der Waals surface area contributed by atoms with E-state index >= 15 is 0 Å². The molecule has 1 N–H and O–H groups in total. The van der Waals surface area contributed by atoms with Crippen LogP contribution in [0.3, 0.4) is 0 Å². The van der Waals surface area contributed by atoms with E-state index in [9.17, 15) is 4.79 Å². The number of halogens is 1.